The van der Waals surface area contributed by atoms with Gasteiger partial charge in [0.2, 0.25) is 0 Å². The summed E-state index contributed by atoms with van der Waals surface area (Å²) in [5, 5.41) is 0. The Balaban J connectivity index is 2.18. The molecule has 0 aromatic carbocycles. The molecule has 0 aromatic rings. The molecule has 1 unspecified atom stereocenters. The zero-order chi connectivity index (χ0) is 14.4. The molecule has 2 aliphatic carbocycles. The monoisotopic (exact) mass is 274 g/mol. The average Bonchev–Trinajstić information content (AvgIpc) is 2.46. The van der Waals surface area contributed by atoms with Crippen molar-refractivity contribution in [2.45, 2.75) is 91.4 Å². The Morgan fingerprint density at radius 3 is 2.55 bits per heavy atom. The number of unbranched alkanes of at least 4 members (excludes halogenated alkanes) is 1. The molecule has 0 heterocycles. The lowest BCUT2D eigenvalue weighted by molar-refractivity contribution is 0.235. The van der Waals surface area contributed by atoms with E-state index in [2.05, 4.69) is 32.9 Å². The van der Waals surface area contributed by atoms with Crippen molar-refractivity contribution in [3.63, 3.8) is 0 Å². The first-order chi connectivity index (χ1) is 9.65. The molecule has 0 N–H and O–H groups in total. The van der Waals surface area contributed by atoms with E-state index in [0.717, 1.165) is 5.92 Å². The standard InChI is InChI=1S/C20H34/c1-4-5-13-20(15-17(2)3)14-9-12-19(16-20)18-10-7-6-8-11-18/h10,16-17H,4-9,11-15H2,1-3H3. The summed E-state index contributed by atoms with van der Waals surface area (Å²) in [5.41, 5.74) is 3.96. The predicted molar refractivity (Wildman–Crippen MR) is 89.9 cm³/mol. The molecule has 2 aliphatic rings. The van der Waals surface area contributed by atoms with E-state index < -0.39 is 0 Å². The van der Waals surface area contributed by atoms with Crippen molar-refractivity contribution in [2.24, 2.45) is 11.3 Å². The van der Waals surface area contributed by atoms with E-state index in [1.165, 1.54) is 70.6 Å². The largest absolute Gasteiger partial charge is 0.0811 e. The lowest BCUT2D eigenvalue weighted by Gasteiger charge is -2.38. The van der Waals surface area contributed by atoms with Gasteiger partial charge in [0.05, 0.1) is 0 Å². The van der Waals surface area contributed by atoms with Gasteiger partial charge in [0.15, 0.2) is 0 Å². The highest BCUT2D eigenvalue weighted by Gasteiger charge is 2.31. The van der Waals surface area contributed by atoms with Crippen molar-refractivity contribution in [1.82, 2.24) is 0 Å². The van der Waals surface area contributed by atoms with Crippen LogP contribution in [0.3, 0.4) is 0 Å². The van der Waals surface area contributed by atoms with Crippen molar-refractivity contribution < 1.29 is 0 Å². The molecule has 0 saturated carbocycles. The van der Waals surface area contributed by atoms with Gasteiger partial charge in [-0.05, 0) is 80.3 Å². The first-order valence-electron chi connectivity index (χ1n) is 9.06. The molecule has 0 heteroatoms. The highest BCUT2D eigenvalue weighted by molar-refractivity contribution is 5.35. The second-order valence-corrected chi connectivity index (χ2v) is 7.56. The van der Waals surface area contributed by atoms with Crippen LogP contribution < -0.4 is 0 Å². The summed E-state index contributed by atoms with van der Waals surface area (Å²) < 4.78 is 0. The molecule has 20 heavy (non-hydrogen) atoms. The van der Waals surface area contributed by atoms with Gasteiger partial charge in [-0.2, -0.15) is 0 Å². The SMILES string of the molecule is CCCCC1(CC(C)C)C=C(C2=CCCCC2)CCC1. The van der Waals surface area contributed by atoms with Crippen molar-refractivity contribution >= 4 is 0 Å². The van der Waals surface area contributed by atoms with Crippen LogP contribution in [0.1, 0.15) is 91.4 Å². The first kappa shape index (κ1) is 15.9. The second kappa shape index (κ2) is 7.48. The van der Waals surface area contributed by atoms with Crippen LogP contribution >= 0.6 is 0 Å². The minimum Gasteiger partial charge on any atom is -0.0811 e. The molecule has 0 amide bonds. The van der Waals surface area contributed by atoms with Crippen LogP contribution in [0.2, 0.25) is 0 Å². The maximum Gasteiger partial charge on any atom is -0.0110 e. The van der Waals surface area contributed by atoms with E-state index in [1.54, 1.807) is 11.1 Å². The van der Waals surface area contributed by atoms with Crippen molar-refractivity contribution in [3.8, 4) is 0 Å². The Bertz CT molecular complexity index is 358. The fraction of sp³-hybridized carbons (Fsp3) is 0.800. The zero-order valence-electron chi connectivity index (χ0n) is 14.0. The van der Waals surface area contributed by atoms with E-state index >= 15 is 0 Å². The summed E-state index contributed by atoms with van der Waals surface area (Å²) in [4.78, 5) is 0. The molecule has 0 radical (unpaired) electrons. The molecule has 0 aliphatic heterocycles. The number of rotatable bonds is 6. The molecular formula is C20H34. The van der Waals surface area contributed by atoms with Crippen LogP contribution in [0.15, 0.2) is 23.3 Å². The van der Waals surface area contributed by atoms with Crippen LogP contribution in [-0.4, -0.2) is 0 Å². The van der Waals surface area contributed by atoms with Crippen LogP contribution in [-0.2, 0) is 0 Å². The van der Waals surface area contributed by atoms with E-state index in [9.17, 15) is 0 Å². The zero-order valence-corrected chi connectivity index (χ0v) is 14.0. The molecule has 2 rings (SSSR count). The summed E-state index contributed by atoms with van der Waals surface area (Å²) >= 11 is 0. The van der Waals surface area contributed by atoms with Gasteiger partial charge in [-0.1, -0.05) is 45.8 Å². The Morgan fingerprint density at radius 1 is 1.10 bits per heavy atom. The van der Waals surface area contributed by atoms with Crippen LogP contribution in [0.5, 0.6) is 0 Å². The summed E-state index contributed by atoms with van der Waals surface area (Å²) in [6.07, 6.45) is 20.5. The lowest BCUT2D eigenvalue weighted by Crippen LogP contribution is -2.24. The predicted octanol–water partition coefficient (Wildman–Crippen LogP) is 6.82. The first-order valence-corrected chi connectivity index (χ1v) is 9.06. The third-order valence-electron chi connectivity index (χ3n) is 5.15. The summed E-state index contributed by atoms with van der Waals surface area (Å²) in [5.74, 6) is 0.822. The fourth-order valence-corrected chi connectivity index (χ4v) is 4.33. The molecular weight excluding hydrogens is 240 g/mol. The van der Waals surface area contributed by atoms with Crippen molar-refractivity contribution in [2.75, 3.05) is 0 Å². The molecule has 114 valence electrons. The smallest absolute Gasteiger partial charge is 0.0110 e. The molecule has 1 atom stereocenters. The number of hydrogen-bond acceptors (Lipinski definition) is 0. The summed E-state index contributed by atoms with van der Waals surface area (Å²) in [6.45, 7) is 7.13. The van der Waals surface area contributed by atoms with Crippen LogP contribution in [0.4, 0.5) is 0 Å². The van der Waals surface area contributed by atoms with Gasteiger partial charge in [0, 0.05) is 0 Å². The highest BCUT2D eigenvalue weighted by atomic mass is 14.4. The molecule has 0 nitrogen and oxygen atoms in total. The maximum absolute atomic E-state index is 2.74. The van der Waals surface area contributed by atoms with Gasteiger partial charge >= 0.3 is 0 Å². The van der Waals surface area contributed by atoms with Crippen LogP contribution in [0, 0.1) is 11.3 Å². The Hall–Kier alpha value is -0.520. The van der Waals surface area contributed by atoms with Crippen molar-refractivity contribution in [3.05, 3.63) is 23.3 Å². The maximum atomic E-state index is 2.74. The molecule has 0 bridgehead atoms. The van der Waals surface area contributed by atoms with E-state index in [1.807, 2.05) is 0 Å². The Kier molecular flexibility index (Phi) is 5.93. The van der Waals surface area contributed by atoms with Crippen LogP contribution in [0.25, 0.3) is 0 Å². The third-order valence-corrected chi connectivity index (χ3v) is 5.15. The van der Waals surface area contributed by atoms with Gasteiger partial charge < -0.3 is 0 Å². The minimum absolute atomic E-state index is 0.524. The molecule has 0 saturated heterocycles. The topological polar surface area (TPSA) is 0 Å². The third kappa shape index (κ3) is 4.24. The summed E-state index contributed by atoms with van der Waals surface area (Å²) in [7, 11) is 0. The lowest BCUT2D eigenvalue weighted by atomic mass is 9.67. The number of hydrogen-bond donors (Lipinski definition) is 0. The van der Waals surface area contributed by atoms with Gasteiger partial charge in [-0.25, -0.2) is 0 Å². The molecule has 0 fully saturated rings. The Morgan fingerprint density at radius 2 is 1.90 bits per heavy atom. The Labute approximate surface area is 126 Å². The van der Waals surface area contributed by atoms with E-state index in [4.69, 9.17) is 0 Å². The number of allylic oxidation sites excluding steroid dienone is 4. The van der Waals surface area contributed by atoms with Crippen molar-refractivity contribution in [1.29, 1.82) is 0 Å². The van der Waals surface area contributed by atoms with Gasteiger partial charge in [0.25, 0.3) is 0 Å². The highest BCUT2D eigenvalue weighted by Crippen LogP contribution is 2.45. The normalized spacial score (nSPS) is 27.4. The summed E-state index contributed by atoms with van der Waals surface area (Å²) in [6, 6.07) is 0. The average molecular weight is 274 g/mol. The molecule has 0 spiro atoms. The van der Waals surface area contributed by atoms with Gasteiger partial charge in [-0.15, -0.1) is 0 Å². The van der Waals surface area contributed by atoms with Gasteiger partial charge in [0.1, 0.15) is 0 Å². The van der Waals surface area contributed by atoms with E-state index in [-0.39, 0.29) is 0 Å². The second-order valence-electron chi connectivity index (χ2n) is 7.56. The van der Waals surface area contributed by atoms with E-state index in [0.29, 0.717) is 5.41 Å². The quantitative estimate of drug-likeness (QED) is 0.498. The molecule has 0 aromatic heterocycles. The fourth-order valence-electron chi connectivity index (χ4n) is 4.33. The van der Waals surface area contributed by atoms with Gasteiger partial charge in [-0.3, -0.25) is 0 Å². The minimum atomic E-state index is 0.524.